The van der Waals surface area contributed by atoms with E-state index in [0.29, 0.717) is 0 Å². The van der Waals surface area contributed by atoms with Gasteiger partial charge in [-0.15, -0.1) is 11.3 Å². The number of carboxylic acid groups (broad SMARTS) is 1. The Morgan fingerprint density at radius 3 is 2.50 bits per heavy atom. The first-order valence-corrected chi connectivity index (χ1v) is 7.47. The summed E-state index contributed by atoms with van der Waals surface area (Å²) in [5.74, 6) is -1.24. The summed E-state index contributed by atoms with van der Waals surface area (Å²) in [5.41, 5.74) is 2.05. The summed E-state index contributed by atoms with van der Waals surface area (Å²) < 4.78 is 0. The van der Waals surface area contributed by atoms with Crippen LogP contribution in [0.3, 0.4) is 0 Å². The van der Waals surface area contributed by atoms with Gasteiger partial charge in [0.05, 0.1) is 5.92 Å². The molecule has 0 radical (unpaired) electrons. The Kier molecular flexibility index (Phi) is 4.93. The number of thiophene rings is 1. The molecule has 2 aromatic rings. The minimum Gasteiger partial charge on any atom is -0.481 e. The summed E-state index contributed by atoms with van der Waals surface area (Å²) in [6.07, 6.45) is 0. The molecule has 1 N–H and O–H groups in total. The third kappa shape index (κ3) is 3.92. The summed E-state index contributed by atoms with van der Waals surface area (Å²) in [4.78, 5) is 14.5. The molecular weight excluding hydrogens is 270 g/mol. The molecule has 2 rings (SSSR count). The van der Waals surface area contributed by atoms with E-state index in [-0.39, 0.29) is 0 Å². The lowest BCUT2D eigenvalue weighted by Crippen LogP contribution is -2.16. The van der Waals surface area contributed by atoms with Gasteiger partial charge in [-0.05, 0) is 36.5 Å². The Morgan fingerprint density at radius 1 is 1.25 bits per heavy atom. The first-order chi connectivity index (χ1) is 9.56. The highest BCUT2D eigenvalue weighted by Gasteiger charge is 2.13. The van der Waals surface area contributed by atoms with Crippen LogP contribution in [0.5, 0.6) is 0 Å². The Balaban J connectivity index is 1.95. The second kappa shape index (κ2) is 6.68. The van der Waals surface area contributed by atoms with Crippen molar-refractivity contribution in [3.63, 3.8) is 0 Å². The van der Waals surface area contributed by atoms with Gasteiger partial charge < -0.3 is 5.11 Å². The maximum atomic E-state index is 10.9. The van der Waals surface area contributed by atoms with Crippen LogP contribution in [-0.2, 0) is 17.9 Å². The molecule has 1 atom stereocenters. The molecule has 0 aliphatic heterocycles. The number of hydrogen-bond acceptors (Lipinski definition) is 3. The van der Waals surface area contributed by atoms with Crippen molar-refractivity contribution in [2.45, 2.75) is 25.9 Å². The average molecular weight is 289 g/mol. The van der Waals surface area contributed by atoms with E-state index in [1.807, 2.05) is 24.3 Å². The Morgan fingerprint density at radius 2 is 1.95 bits per heavy atom. The highest BCUT2D eigenvalue weighted by molar-refractivity contribution is 7.09. The van der Waals surface area contributed by atoms with Crippen LogP contribution in [0.25, 0.3) is 0 Å². The van der Waals surface area contributed by atoms with Crippen molar-refractivity contribution in [2.24, 2.45) is 0 Å². The summed E-state index contributed by atoms with van der Waals surface area (Å²) in [7, 11) is 2.09. The zero-order chi connectivity index (χ0) is 14.5. The number of hydrogen-bond donors (Lipinski definition) is 1. The predicted octanol–water partition coefficient (Wildman–Crippen LogP) is 3.57. The van der Waals surface area contributed by atoms with Crippen molar-refractivity contribution in [1.82, 2.24) is 4.90 Å². The predicted molar refractivity (Wildman–Crippen MR) is 82.0 cm³/mol. The number of aliphatic carboxylic acids is 1. The molecule has 0 bridgehead atoms. The smallest absolute Gasteiger partial charge is 0.310 e. The van der Waals surface area contributed by atoms with Gasteiger partial charge in [-0.1, -0.05) is 30.3 Å². The molecule has 0 amide bonds. The van der Waals surface area contributed by atoms with Gasteiger partial charge in [0.2, 0.25) is 0 Å². The van der Waals surface area contributed by atoms with E-state index in [1.54, 1.807) is 18.3 Å². The van der Waals surface area contributed by atoms with E-state index >= 15 is 0 Å². The fraction of sp³-hybridized carbons (Fsp3) is 0.312. The zero-order valence-electron chi connectivity index (χ0n) is 11.7. The minimum absolute atomic E-state index is 0.451. The van der Waals surface area contributed by atoms with E-state index in [4.69, 9.17) is 5.11 Å². The molecule has 1 aromatic carbocycles. The molecule has 1 heterocycles. The van der Waals surface area contributed by atoms with Crippen molar-refractivity contribution in [1.29, 1.82) is 0 Å². The van der Waals surface area contributed by atoms with Crippen LogP contribution >= 0.6 is 11.3 Å². The van der Waals surface area contributed by atoms with Crippen molar-refractivity contribution < 1.29 is 9.90 Å². The number of carbonyl (C=O) groups is 1. The quantitative estimate of drug-likeness (QED) is 0.884. The summed E-state index contributed by atoms with van der Waals surface area (Å²) in [6.45, 7) is 3.50. The van der Waals surface area contributed by atoms with E-state index in [2.05, 4.69) is 29.5 Å². The van der Waals surface area contributed by atoms with Crippen LogP contribution in [0, 0.1) is 0 Å². The molecule has 1 unspecified atom stereocenters. The second-order valence-corrected chi connectivity index (χ2v) is 6.09. The highest BCUT2D eigenvalue weighted by atomic mass is 32.1. The van der Waals surface area contributed by atoms with Crippen molar-refractivity contribution in [2.75, 3.05) is 7.05 Å². The Hall–Kier alpha value is -1.65. The van der Waals surface area contributed by atoms with Gasteiger partial charge in [-0.2, -0.15) is 0 Å². The molecule has 0 aliphatic carbocycles. The standard InChI is InChI=1S/C16H19NO2S/c1-12(16(18)19)14-7-5-13(6-8-14)10-17(2)11-15-4-3-9-20-15/h3-9,12H,10-11H2,1-2H3,(H,18,19). The van der Waals surface area contributed by atoms with Gasteiger partial charge in [-0.3, -0.25) is 9.69 Å². The fourth-order valence-corrected chi connectivity index (χ4v) is 2.87. The van der Waals surface area contributed by atoms with E-state index in [9.17, 15) is 4.79 Å². The Labute approximate surface area is 123 Å². The number of benzene rings is 1. The monoisotopic (exact) mass is 289 g/mol. The normalized spacial score (nSPS) is 12.6. The average Bonchev–Trinajstić information content (AvgIpc) is 2.91. The third-order valence-electron chi connectivity index (χ3n) is 3.31. The first kappa shape index (κ1) is 14.8. The van der Waals surface area contributed by atoms with Crippen LogP contribution in [0.4, 0.5) is 0 Å². The number of rotatable bonds is 6. The van der Waals surface area contributed by atoms with Gasteiger partial charge in [-0.25, -0.2) is 0 Å². The van der Waals surface area contributed by atoms with Crippen LogP contribution < -0.4 is 0 Å². The van der Waals surface area contributed by atoms with Gasteiger partial charge in [0, 0.05) is 18.0 Å². The topological polar surface area (TPSA) is 40.5 Å². The minimum atomic E-state index is -0.785. The van der Waals surface area contributed by atoms with Crippen LogP contribution in [0.2, 0.25) is 0 Å². The van der Waals surface area contributed by atoms with Crippen LogP contribution in [-0.4, -0.2) is 23.0 Å². The molecule has 0 saturated heterocycles. The largest absolute Gasteiger partial charge is 0.481 e. The highest BCUT2D eigenvalue weighted by Crippen LogP contribution is 2.17. The fourth-order valence-electron chi connectivity index (χ4n) is 2.09. The molecular formula is C16H19NO2S. The van der Waals surface area contributed by atoms with E-state index < -0.39 is 11.9 Å². The molecule has 0 fully saturated rings. The Bertz CT molecular complexity index is 548. The molecule has 0 saturated carbocycles. The van der Waals surface area contributed by atoms with Crippen molar-refractivity contribution in [3.05, 3.63) is 57.8 Å². The summed E-state index contributed by atoms with van der Waals surface area (Å²) in [6, 6.07) is 12.0. The third-order valence-corrected chi connectivity index (χ3v) is 4.17. The maximum absolute atomic E-state index is 10.9. The van der Waals surface area contributed by atoms with Crippen LogP contribution in [0.15, 0.2) is 41.8 Å². The second-order valence-electron chi connectivity index (χ2n) is 5.05. The SMILES string of the molecule is CC(C(=O)O)c1ccc(CN(C)Cc2cccs2)cc1. The van der Waals surface area contributed by atoms with E-state index in [1.165, 1.54) is 10.4 Å². The molecule has 0 aliphatic rings. The lowest BCUT2D eigenvalue weighted by Gasteiger charge is -2.16. The number of carboxylic acids is 1. The zero-order valence-corrected chi connectivity index (χ0v) is 12.6. The van der Waals surface area contributed by atoms with Gasteiger partial charge in [0.15, 0.2) is 0 Å². The molecule has 1 aromatic heterocycles. The summed E-state index contributed by atoms with van der Waals surface area (Å²) in [5, 5.41) is 11.1. The number of nitrogens with zero attached hydrogens (tertiary/aromatic N) is 1. The lowest BCUT2D eigenvalue weighted by molar-refractivity contribution is -0.138. The molecule has 0 spiro atoms. The lowest BCUT2D eigenvalue weighted by atomic mass is 10.00. The van der Waals surface area contributed by atoms with Gasteiger partial charge >= 0.3 is 5.97 Å². The first-order valence-electron chi connectivity index (χ1n) is 6.59. The van der Waals surface area contributed by atoms with Crippen molar-refractivity contribution >= 4 is 17.3 Å². The maximum Gasteiger partial charge on any atom is 0.310 e. The van der Waals surface area contributed by atoms with Gasteiger partial charge in [0.25, 0.3) is 0 Å². The molecule has 4 heteroatoms. The van der Waals surface area contributed by atoms with E-state index in [0.717, 1.165) is 18.7 Å². The molecule has 3 nitrogen and oxygen atoms in total. The van der Waals surface area contributed by atoms with Crippen LogP contribution in [0.1, 0.15) is 28.8 Å². The molecule has 106 valence electrons. The summed E-state index contributed by atoms with van der Waals surface area (Å²) >= 11 is 1.76. The molecule has 20 heavy (non-hydrogen) atoms. The van der Waals surface area contributed by atoms with Crippen molar-refractivity contribution in [3.8, 4) is 0 Å². The van der Waals surface area contributed by atoms with Gasteiger partial charge in [0.1, 0.15) is 0 Å².